The number of alkyl carbamates (subject to hydrolysis) is 1. The van der Waals surface area contributed by atoms with E-state index in [4.69, 9.17) is 9.15 Å². The molecule has 1 atom stereocenters. The van der Waals surface area contributed by atoms with Crippen LogP contribution in [-0.4, -0.2) is 40.1 Å². The summed E-state index contributed by atoms with van der Waals surface area (Å²) in [4.78, 5) is 32.2. The van der Waals surface area contributed by atoms with Gasteiger partial charge < -0.3 is 19.4 Å². The van der Waals surface area contributed by atoms with E-state index in [1.807, 2.05) is 36.4 Å². The number of pyridine rings is 1. The summed E-state index contributed by atoms with van der Waals surface area (Å²) in [6, 6.07) is 10.7. The summed E-state index contributed by atoms with van der Waals surface area (Å²) >= 11 is 0. The van der Waals surface area contributed by atoms with Crippen molar-refractivity contribution in [2.75, 3.05) is 6.54 Å². The molecule has 1 N–H and O–H groups in total. The maximum absolute atomic E-state index is 13.7. The number of rotatable bonds is 8. The number of carbonyl (C=O) groups excluding carboxylic acids is 2. The number of benzene rings is 1. The summed E-state index contributed by atoms with van der Waals surface area (Å²) in [5.41, 5.74) is 2.00. The number of furan rings is 1. The number of carbonyl (C=O) groups is 2. The van der Waals surface area contributed by atoms with Crippen molar-refractivity contribution in [3.63, 3.8) is 0 Å². The molecule has 0 aliphatic carbocycles. The van der Waals surface area contributed by atoms with Crippen LogP contribution in [0, 0.1) is 5.92 Å². The fourth-order valence-corrected chi connectivity index (χ4v) is 3.63. The van der Waals surface area contributed by atoms with Crippen LogP contribution >= 0.6 is 0 Å². The van der Waals surface area contributed by atoms with Gasteiger partial charge in [-0.3, -0.25) is 9.78 Å². The van der Waals surface area contributed by atoms with Crippen LogP contribution in [0.1, 0.15) is 45.7 Å². The van der Waals surface area contributed by atoms with Crippen LogP contribution in [0.4, 0.5) is 4.79 Å². The summed E-state index contributed by atoms with van der Waals surface area (Å²) in [6.07, 6.45) is 4.74. The van der Waals surface area contributed by atoms with Crippen molar-refractivity contribution in [3.8, 4) is 0 Å². The number of ether oxygens (including phenoxy) is 1. The monoisotopic (exact) mass is 451 g/mol. The third kappa shape index (κ3) is 7.34. The Kier molecular flexibility index (Phi) is 7.74. The van der Waals surface area contributed by atoms with Gasteiger partial charge in [0, 0.05) is 37.3 Å². The SMILES string of the molecule is CC(C)CN(Cc1ccc2occc2c1)C(=O)[C@H](Cc1cccnc1)NC(=O)OC(C)(C)C. The minimum absolute atomic E-state index is 0.161. The van der Waals surface area contributed by atoms with E-state index in [-0.39, 0.29) is 11.8 Å². The molecule has 0 bridgehead atoms. The van der Waals surface area contributed by atoms with E-state index in [0.29, 0.717) is 19.5 Å². The number of nitrogens with zero attached hydrogens (tertiary/aromatic N) is 2. The third-order valence-corrected chi connectivity index (χ3v) is 4.94. The number of aromatic nitrogens is 1. The highest BCUT2D eigenvalue weighted by molar-refractivity contribution is 5.86. The van der Waals surface area contributed by atoms with Gasteiger partial charge in [-0.25, -0.2) is 4.79 Å². The first kappa shape index (κ1) is 24.3. The highest BCUT2D eigenvalue weighted by Gasteiger charge is 2.29. The second-order valence-corrected chi connectivity index (χ2v) is 9.67. The lowest BCUT2D eigenvalue weighted by atomic mass is 10.0. The quantitative estimate of drug-likeness (QED) is 0.524. The molecule has 0 aliphatic heterocycles. The van der Waals surface area contributed by atoms with Gasteiger partial charge in [-0.1, -0.05) is 26.0 Å². The van der Waals surface area contributed by atoms with Crippen LogP contribution in [0.3, 0.4) is 0 Å². The van der Waals surface area contributed by atoms with Gasteiger partial charge in [0.1, 0.15) is 17.2 Å². The Hall–Kier alpha value is -3.35. The molecule has 3 aromatic rings. The smallest absolute Gasteiger partial charge is 0.408 e. The molecule has 1 aromatic carbocycles. The first-order valence-corrected chi connectivity index (χ1v) is 11.2. The van der Waals surface area contributed by atoms with Crippen molar-refractivity contribution in [2.24, 2.45) is 5.92 Å². The Labute approximate surface area is 195 Å². The normalized spacial score (nSPS) is 12.5. The zero-order chi connectivity index (χ0) is 24.0. The molecule has 0 saturated heterocycles. The molecule has 0 unspecified atom stereocenters. The second kappa shape index (κ2) is 10.5. The van der Waals surface area contributed by atoms with Gasteiger partial charge in [-0.2, -0.15) is 0 Å². The highest BCUT2D eigenvalue weighted by Crippen LogP contribution is 2.19. The lowest BCUT2D eigenvalue weighted by Gasteiger charge is -2.30. The molecule has 0 aliphatic rings. The number of fused-ring (bicyclic) bond motifs is 1. The largest absolute Gasteiger partial charge is 0.464 e. The fourth-order valence-electron chi connectivity index (χ4n) is 3.63. The van der Waals surface area contributed by atoms with Crippen molar-refractivity contribution in [1.29, 1.82) is 0 Å². The predicted octanol–water partition coefficient (Wildman–Crippen LogP) is 4.95. The van der Waals surface area contributed by atoms with Gasteiger partial charge in [0.05, 0.1) is 6.26 Å². The van der Waals surface area contributed by atoms with Crippen molar-refractivity contribution >= 4 is 23.0 Å². The van der Waals surface area contributed by atoms with Gasteiger partial charge >= 0.3 is 6.09 Å². The molecule has 33 heavy (non-hydrogen) atoms. The van der Waals surface area contributed by atoms with E-state index < -0.39 is 17.7 Å². The molecule has 0 spiro atoms. The first-order chi connectivity index (χ1) is 15.6. The second-order valence-electron chi connectivity index (χ2n) is 9.67. The van der Waals surface area contributed by atoms with Crippen LogP contribution in [-0.2, 0) is 22.5 Å². The van der Waals surface area contributed by atoms with Gasteiger partial charge in [0.2, 0.25) is 5.91 Å². The van der Waals surface area contributed by atoms with Crippen LogP contribution in [0.5, 0.6) is 0 Å². The van der Waals surface area contributed by atoms with Crippen LogP contribution in [0.25, 0.3) is 11.0 Å². The van der Waals surface area contributed by atoms with Gasteiger partial charge in [-0.15, -0.1) is 0 Å². The molecule has 2 amide bonds. The minimum Gasteiger partial charge on any atom is -0.464 e. The number of hydrogen-bond donors (Lipinski definition) is 1. The average Bonchev–Trinajstić information content (AvgIpc) is 3.19. The molecular formula is C26H33N3O4. The van der Waals surface area contributed by atoms with Crippen molar-refractivity contribution in [2.45, 2.75) is 59.2 Å². The van der Waals surface area contributed by atoms with Gasteiger partial charge in [0.15, 0.2) is 0 Å². The minimum atomic E-state index is -0.777. The Balaban J connectivity index is 1.84. The molecule has 2 heterocycles. The highest BCUT2D eigenvalue weighted by atomic mass is 16.6. The lowest BCUT2D eigenvalue weighted by Crippen LogP contribution is -2.51. The van der Waals surface area contributed by atoms with Crippen LogP contribution in [0.2, 0.25) is 0 Å². The van der Waals surface area contributed by atoms with E-state index in [1.165, 1.54) is 0 Å². The molecule has 7 heteroatoms. The fraction of sp³-hybridized carbons (Fsp3) is 0.423. The summed E-state index contributed by atoms with van der Waals surface area (Å²) in [7, 11) is 0. The van der Waals surface area contributed by atoms with Crippen molar-refractivity contribution < 1.29 is 18.7 Å². The van der Waals surface area contributed by atoms with Gasteiger partial charge in [0.25, 0.3) is 0 Å². The maximum atomic E-state index is 13.7. The molecule has 0 saturated carbocycles. The maximum Gasteiger partial charge on any atom is 0.408 e. The van der Waals surface area contributed by atoms with Crippen molar-refractivity contribution in [3.05, 3.63) is 66.2 Å². The standard InChI is InChI=1S/C26H33N3O4/c1-18(2)16-29(17-20-8-9-23-21(13-20)10-12-32-23)24(30)22(14-19-7-6-11-27-15-19)28-25(31)33-26(3,4)5/h6-13,15,18,22H,14,16-17H2,1-5H3,(H,28,31)/t22-/m0/s1. The number of amides is 2. The zero-order valence-electron chi connectivity index (χ0n) is 20.0. The summed E-state index contributed by atoms with van der Waals surface area (Å²) in [6.45, 7) is 10.5. The third-order valence-electron chi connectivity index (χ3n) is 4.94. The molecule has 7 nitrogen and oxygen atoms in total. The van der Waals surface area contributed by atoms with E-state index in [2.05, 4.69) is 24.1 Å². The Bertz CT molecular complexity index is 1070. The Morgan fingerprint density at radius 2 is 1.94 bits per heavy atom. The van der Waals surface area contributed by atoms with E-state index >= 15 is 0 Å². The molecule has 3 rings (SSSR count). The van der Waals surface area contributed by atoms with Gasteiger partial charge in [-0.05, 0) is 62.1 Å². The molecule has 0 fully saturated rings. The lowest BCUT2D eigenvalue weighted by molar-refractivity contribution is -0.134. The molecule has 0 radical (unpaired) electrons. The van der Waals surface area contributed by atoms with Crippen molar-refractivity contribution in [1.82, 2.24) is 15.2 Å². The Morgan fingerprint density at radius 3 is 2.61 bits per heavy atom. The number of hydrogen-bond acceptors (Lipinski definition) is 5. The summed E-state index contributed by atoms with van der Waals surface area (Å²) in [5.74, 6) is 0.0953. The summed E-state index contributed by atoms with van der Waals surface area (Å²) in [5, 5.41) is 3.78. The van der Waals surface area contributed by atoms with E-state index in [0.717, 1.165) is 22.1 Å². The topological polar surface area (TPSA) is 84.7 Å². The zero-order valence-corrected chi connectivity index (χ0v) is 20.0. The van der Waals surface area contributed by atoms with Crippen LogP contribution in [0.15, 0.2) is 59.5 Å². The summed E-state index contributed by atoms with van der Waals surface area (Å²) < 4.78 is 10.9. The first-order valence-electron chi connectivity index (χ1n) is 11.2. The Morgan fingerprint density at radius 1 is 1.15 bits per heavy atom. The molecule has 2 aromatic heterocycles. The molecular weight excluding hydrogens is 418 g/mol. The van der Waals surface area contributed by atoms with Crippen LogP contribution < -0.4 is 5.32 Å². The van der Waals surface area contributed by atoms with E-state index in [9.17, 15) is 9.59 Å². The predicted molar refractivity (Wildman–Crippen MR) is 128 cm³/mol. The van der Waals surface area contributed by atoms with E-state index in [1.54, 1.807) is 44.3 Å². The molecule has 176 valence electrons. The average molecular weight is 452 g/mol. The number of nitrogens with one attached hydrogen (secondary N) is 1.